The van der Waals surface area contributed by atoms with Crippen LogP contribution in [0.2, 0.25) is 0 Å². The summed E-state index contributed by atoms with van der Waals surface area (Å²) in [5.41, 5.74) is 0. The normalized spacial score (nSPS) is 7.71. The summed E-state index contributed by atoms with van der Waals surface area (Å²) < 4.78 is 0. The van der Waals surface area contributed by atoms with Crippen molar-refractivity contribution in [1.29, 1.82) is 0 Å². The quantitative estimate of drug-likeness (QED) is 0.411. The van der Waals surface area contributed by atoms with Crippen LogP contribution in [0.1, 0.15) is 19.8 Å². The molecule has 0 bridgehead atoms. The van der Waals surface area contributed by atoms with Crippen molar-refractivity contribution in [3.05, 3.63) is 6.42 Å². The molecule has 0 saturated heterocycles. The predicted molar refractivity (Wildman–Crippen MR) is 33.4 cm³/mol. The zero-order valence-corrected chi connectivity index (χ0v) is 4.15. The fourth-order valence-electron chi connectivity index (χ4n) is 0.295. The third-order valence-electron chi connectivity index (χ3n) is 0.622. The van der Waals surface area contributed by atoms with Gasteiger partial charge < -0.3 is 5.11 Å². The molecule has 0 heterocycles. The number of hydrogen-bond donors (Lipinski definition) is 1. The number of hydrogen-bond acceptors (Lipinski definition) is 1. The van der Waals surface area contributed by atoms with Gasteiger partial charge in [0.05, 0.1) is 0 Å². The van der Waals surface area contributed by atoms with Gasteiger partial charge in [0.15, 0.2) is 0 Å². The van der Waals surface area contributed by atoms with E-state index in [0.29, 0.717) is 0 Å². The summed E-state index contributed by atoms with van der Waals surface area (Å²) in [4.78, 5) is 0. The Balaban J connectivity index is 0. The van der Waals surface area contributed by atoms with Crippen LogP contribution >= 0.6 is 0 Å². The standard InChI is InChI=1S/C5H11O.Na.H/c1-2-3-4-5-6;;/h4,6H,2-3,5H2,1H3;;. The van der Waals surface area contributed by atoms with Crippen molar-refractivity contribution in [2.24, 2.45) is 0 Å². The average molecular weight is 111 g/mol. The SMILES string of the molecule is CCC[CH]CO.[NaH]. The van der Waals surface area contributed by atoms with Gasteiger partial charge in [0.25, 0.3) is 0 Å². The number of aliphatic hydroxyl groups excluding tert-OH is 1. The molecule has 0 aliphatic carbocycles. The Kier molecular flexibility index (Phi) is 15.6. The van der Waals surface area contributed by atoms with Crippen LogP contribution < -0.4 is 0 Å². The minimum absolute atomic E-state index is 0. The summed E-state index contributed by atoms with van der Waals surface area (Å²) >= 11 is 0. The van der Waals surface area contributed by atoms with Crippen molar-refractivity contribution in [1.82, 2.24) is 0 Å². The molecule has 0 saturated carbocycles. The first kappa shape index (κ1) is 10.9. The van der Waals surface area contributed by atoms with Crippen molar-refractivity contribution in [3.63, 3.8) is 0 Å². The molecule has 0 amide bonds. The molecule has 1 nitrogen and oxygen atoms in total. The zero-order chi connectivity index (χ0) is 4.83. The molecule has 0 aromatic heterocycles. The Morgan fingerprint density at radius 2 is 2.14 bits per heavy atom. The Labute approximate surface area is 67.4 Å². The van der Waals surface area contributed by atoms with E-state index in [9.17, 15) is 0 Å². The Hall–Kier alpha value is 0.960. The molecular weight excluding hydrogens is 99.0 g/mol. The van der Waals surface area contributed by atoms with Crippen LogP contribution in [0.3, 0.4) is 0 Å². The molecule has 0 aliphatic rings. The van der Waals surface area contributed by atoms with Gasteiger partial charge in [-0.15, -0.1) is 0 Å². The van der Waals surface area contributed by atoms with Gasteiger partial charge in [0.1, 0.15) is 0 Å². The number of unbranched alkanes of at least 4 members (excludes halogenated alkanes) is 2. The van der Waals surface area contributed by atoms with E-state index in [1.165, 1.54) is 0 Å². The van der Waals surface area contributed by atoms with Crippen molar-refractivity contribution in [2.45, 2.75) is 19.8 Å². The van der Waals surface area contributed by atoms with Gasteiger partial charge in [0.2, 0.25) is 0 Å². The number of aliphatic hydroxyl groups is 1. The van der Waals surface area contributed by atoms with Crippen LogP contribution in [0.25, 0.3) is 0 Å². The maximum absolute atomic E-state index is 8.14. The molecule has 7 heavy (non-hydrogen) atoms. The molecule has 0 atom stereocenters. The second-order valence-corrected chi connectivity index (χ2v) is 1.26. The van der Waals surface area contributed by atoms with Crippen molar-refractivity contribution >= 4 is 29.6 Å². The first-order chi connectivity index (χ1) is 2.91. The minimum atomic E-state index is 0. The Morgan fingerprint density at radius 1 is 1.57 bits per heavy atom. The molecule has 0 unspecified atom stereocenters. The summed E-state index contributed by atoms with van der Waals surface area (Å²) in [5, 5.41) is 8.14. The van der Waals surface area contributed by atoms with Crippen LogP contribution in [0.5, 0.6) is 0 Å². The van der Waals surface area contributed by atoms with Crippen LogP contribution in [0.15, 0.2) is 0 Å². The fourth-order valence-corrected chi connectivity index (χ4v) is 0.295. The average Bonchev–Trinajstić information content (AvgIpc) is 1.61. The molecule has 0 fully saturated rings. The zero-order valence-electron chi connectivity index (χ0n) is 4.15. The van der Waals surface area contributed by atoms with Crippen molar-refractivity contribution < 1.29 is 5.11 Å². The van der Waals surface area contributed by atoms with E-state index < -0.39 is 0 Å². The van der Waals surface area contributed by atoms with Gasteiger partial charge >= 0.3 is 29.6 Å². The van der Waals surface area contributed by atoms with Gasteiger partial charge in [-0.3, -0.25) is 0 Å². The monoisotopic (exact) mass is 111 g/mol. The van der Waals surface area contributed by atoms with Crippen molar-refractivity contribution in [3.8, 4) is 0 Å². The van der Waals surface area contributed by atoms with E-state index in [1.54, 1.807) is 0 Å². The second-order valence-electron chi connectivity index (χ2n) is 1.26. The molecule has 0 aromatic carbocycles. The van der Waals surface area contributed by atoms with Crippen LogP contribution in [-0.2, 0) is 0 Å². The molecule has 1 radical (unpaired) electrons. The third kappa shape index (κ3) is 10.9. The summed E-state index contributed by atoms with van der Waals surface area (Å²) in [6.45, 7) is 2.32. The summed E-state index contributed by atoms with van der Waals surface area (Å²) in [6, 6.07) is 0. The molecule has 2 heteroatoms. The molecule has 39 valence electrons. The molecule has 0 rings (SSSR count). The number of rotatable bonds is 3. The van der Waals surface area contributed by atoms with E-state index in [2.05, 4.69) is 6.92 Å². The van der Waals surface area contributed by atoms with E-state index >= 15 is 0 Å². The fraction of sp³-hybridized carbons (Fsp3) is 0.800. The molecule has 0 aromatic rings. The van der Waals surface area contributed by atoms with Gasteiger partial charge in [-0.25, -0.2) is 0 Å². The first-order valence-electron chi connectivity index (χ1n) is 2.34. The van der Waals surface area contributed by atoms with Crippen LogP contribution in [-0.4, -0.2) is 41.3 Å². The Morgan fingerprint density at radius 3 is 2.29 bits per heavy atom. The van der Waals surface area contributed by atoms with E-state index in [-0.39, 0.29) is 36.2 Å². The van der Waals surface area contributed by atoms with E-state index in [0.717, 1.165) is 12.8 Å². The van der Waals surface area contributed by atoms with Crippen LogP contribution in [0.4, 0.5) is 0 Å². The first-order valence-corrected chi connectivity index (χ1v) is 2.34. The molecular formula is C5H12NaO. The van der Waals surface area contributed by atoms with E-state index in [1.807, 2.05) is 6.42 Å². The summed E-state index contributed by atoms with van der Waals surface area (Å²) in [7, 11) is 0. The molecule has 0 aliphatic heterocycles. The maximum atomic E-state index is 8.14. The van der Waals surface area contributed by atoms with Gasteiger partial charge in [-0.2, -0.15) is 0 Å². The Bertz CT molecular complexity index is 20.0. The van der Waals surface area contributed by atoms with E-state index in [4.69, 9.17) is 5.11 Å². The molecule has 1 N–H and O–H groups in total. The van der Waals surface area contributed by atoms with Crippen molar-refractivity contribution in [2.75, 3.05) is 6.61 Å². The topological polar surface area (TPSA) is 20.2 Å². The summed E-state index contributed by atoms with van der Waals surface area (Å²) in [5.74, 6) is 0. The van der Waals surface area contributed by atoms with Crippen LogP contribution in [0, 0.1) is 6.42 Å². The third-order valence-corrected chi connectivity index (χ3v) is 0.622. The predicted octanol–water partition coefficient (Wildman–Crippen LogP) is 0.335. The second kappa shape index (κ2) is 10.0. The summed E-state index contributed by atoms with van der Waals surface area (Å²) in [6.07, 6.45) is 4.04. The molecule has 0 spiro atoms. The van der Waals surface area contributed by atoms with Gasteiger partial charge in [-0.05, 0) is 12.8 Å². The van der Waals surface area contributed by atoms with Gasteiger partial charge in [-0.1, -0.05) is 13.3 Å². The van der Waals surface area contributed by atoms with Gasteiger partial charge in [0, 0.05) is 6.61 Å².